The molecule has 0 unspecified atom stereocenters. The first-order chi connectivity index (χ1) is 13.5. The van der Waals surface area contributed by atoms with Gasteiger partial charge in [0.15, 0.2) is 5.11 Å². The lowest BCUT2D eigenvalue weighted by Crippen LogP contribution is -2.36. The predicted octanol–water partition coefficient (Wildman–Crippen LogP) is 3.70. The molecule has 0 spiro atoms. The number of hydrogen-bond donors (Lipinski definition) is 2. The Balaban J connectivity index is 1.63. The van der Waals surface area contributed by atoms with Crippen LogP contribution in [0.25, 0.3) is 0 Å². The van der Waals surface area contributed by atoms with Gasteiger partial charge in [0.05, 0.1) is 4.90 Å². The molecule has 1 aliphatic heterocycles. The Bertz CT molecular complexity index is 909. The van der Waals surface area contributed by atoms with Gasteiger partial charge in [0.2, 0.25) is 10.0 Å². The number of rotatable bonds is 6. The molecule has 3 rings (SSSR count). The molecule has 2 aromatic rings. The molecule has 0 atom stereocenters. The Labute approximate surface area is 173 Å². The van der Waals surface area contributed by atoms with E-state index in [1.54, 1.807) is 10.4 Å². The van der Waals surface area contributed by atoms with Gasteiger partial charge in [0.1, 0.15) is 0 Å². The van der Waals surface area contributed by atoms with E-state index < -0.39 is 10.0 Å². The molecule has 5 nitrogen and oxygen atoms in total. The standard InChI is InChI=1S/C21H27N3O2S2/c1-17-10-11-19(16-20(17)28(25,26)24-14-6-3-7-15-24)23-21(27)22-13-12-18-8-4-2-5-9-18/h2,4-5,8-11,16H,3,6-7,12-15H2,1H3,(H2,22,23,27). The number of nitrogens with zero attached hydrogens (tertiary/aromatic N) is 1. The second-order valence-corrected chi connectivity index (χ2v) is 9.38. The number of piperidine rings is 1. The highest BCUT2D eigenvalue weighted by atomic mass is 32.2. The third-order valence-corrected chi connectivity index (χ3v) is 7.21. The summed E-state index contributed by atoms with van der Waals surface area (Å²) in [5.41, 5.74) is 2.67. The number of hydrogen-bond acceptors (Lipinski definition) is 3. The molecule has 28 heavy (non-hydrogen) atoms. The van der Waals surface area contributed by atoms with E-state index in [1.165, 1.54) is 5.56 Å². The Kier molecular flexibility index (Phi) is 7.04. The number of nitrogens with one attached hydrogen (secondary N) is 2. The van der Waals surface area contributed by atoms with E-state index in [4.69, 9.17) is 12.2 Å². The lowest BCUT2D eigenvalue weighted by Gasteiger charge is -2.26. The van der Waals surface area contributed by atoms with Crippen molar-refractivity contribution >= 4 is 33.0 Å². The molecule has 0 aliphatic carbocycles. The smallest absolute Gasteiger partial charge is 0.243 e. The average molecular weight is 418 g/mol. The number of sulfonamides is 1. The fourth-order valence-corrected chi connectivity index (χ4v) is 5.33. The molecule has 1 aliphatic rings. The van der Waals surface area contributed by atoms with Gasteiger partial charge >= 0.3 is 0 Å². The van der Waals surface area contributed by atoms with E-state index in [9.17, 15) is 8.42 Å². The van der Waals surface area contributed by atoms with Gasteiger partial charge in [-0.2, -0.15) is 4.31 Å². The summed E-state index contributed by atoms with van der Waals surface area (Å²) in [7, 11) is -3.47. The first-order valence-electron chi connectivity index (χ1n) is 9.66. The minimum atomic E-state index is -3.47. The number of benzene rings is 2. The van der Waals surface area contributed by atoms with Crippen LogP contribution in [0.3, 0.4) is 0 Å². The van der Waals surface area contributed by atoms with E-state index in [0.717, 1.165) is 31.2 Å². The van der Waals surface area contributed by atoms with Crippen LogP contribution >= 0.6 is 12.2 Å². The van der Waals surface area contributed by atoms with Gasteiger partial charge in [-0.15, -0.1) is 0 Å². The summed E-state index contributed by atoms with van der Waals surface area (Å²) in [6, 6.07) is 15.6. The van der Waals surface area contributed by atoms with E-state index in [0.29, 0.717) is 35.3 Å². The summed E-state index contributed by atoms with van der Waals surface area (Å²) in [5, 5.41) is 6.77. The zero-order valence-electron chi connectivity index (χ0n) is 16.1. The second kappa shape index (κ2) is 9.49. The van der Waals surface area contributed by atoms with Crippen molar-refractivity contribution in [1.29, 1.82) is 0 Å². The lowest BCUT2D eigenvalue weighted by atomic mass is 10.1. The molecule has 7 heteroatoms. The third-order valence-electron chi connectivity index (χ3n) is 4.92. The summed E-state index contributed by atoms with van der Waals surface area (Å²) >= 11 is 5.36. The molecule has 0 saturated carbocycles. The van der Waals surface area contributed by atoms with Crippen molar-refractivity contribution in [3.63, 3.8) is 0 Å². The van der Waals surface area contributed by atoms with Gasteiger partial charge in [0, 0.05) is 25.3 Å². The number of anilines is 1. The van der Waals surface area contributed by atoms with Crippen molar-refractivity contribution < 1.29 is 8.42 Å². The first-order valence-corrected chi connectivity index (χ1v) is 11.5. The molecule has 1 heterocycles. The highest BCUT2D eigenvalue weighted by molar-refractivity contribution is 7.89. The van der Waals surface area contributed by atoms with Crippen molar-refractivity contribution in [1.82, 2.24) is 9.62 Å². The number of aryl methyl sites for hydroxylation is 1. The molecular weight excluding hydrogens is 390 g/mol. The van der Waals surface area contributed by atoms with Gasteiger partial charge in [-0.3, -0.25) is 0 Å². The van der Waals surface area contributed by atoms with Gasteiger partial charge in [0.25, 0.3) is 0 Å². The van der Waals surface area contributed by atoms with Crippen molar-refractivity contribution in [3.05, 3.63) is 59.7 Å². The molecule has 0 amide bonds. The Morgan fingerprint density at radius 2 is 1.79 bits per heavy atom. The van der Waals surface area contributed by atoms with Crippen molar-refractivity contribution in [2.45, 2.75) is 37.5 Å². The van der Waals surface area contributed by atoms with Gasteiger partial charge < -0.3 is 10.6 Å². The van der Waals surface area contributed by atoms with Crippen LogP contribution in [0.15, 0.2) is 53.4 Å². The monoisotopic (exact) mass is 417 g/mol. The fourth-order valence-electron chi connectivity index (χ4n) is 3.34. The van der Waals surface area contributed by atoms with Gasteiger partial charge in [-0.05, 0) is 61.7 Å². The molecule has 1 fully saturated rings. The summed E-state index contributed by atoms with van der Waals surface area (Å²) in [6.45, 7) is 3.73. The van der Waals surface area contributed by atoms with Crippen LogP contribution in [-0.2, 0) is 16.4 Å². The molecule has 150 valence electrons. The maximum Gasteiger partial charge on any atom is 0.243 e. The van der Waals surface area contributed by atoms with Crippen LogP contribution in [0.2, 0.25) is 0 Å². The molecule has 2 aromatic carbocycles. The SMILES string of the molecule is Cc1ccc(NC(=S)NCCc2ccccc2)cc1S(=O)(=O)N1CCCCC1. The van der Waals surface area contributed by atoms with E-state index in [-0.39, 0.29) is 0 Å². The molecule has 0 aromatic heterocycles. The first kappa shape index (κ1) is 20.8. The van der Waals surface area contributed by atoms with E-state index >= 15 is 0 Å². The van der Waals surface area contributed by atoms with Gasteiger partial charge in [-0.1, -0.05) is 42.8 Å². The molecule has 1 saturated heterocycles. The second-order valence-electron chi connectivity index (χ2n) is 7.06. The van der Waals surface area contributed by atoms with Crippen LogP contribution in [0.4, 0.5) is 5.69 Å². The summed E-state index contributed by atoms with van der Waals surface area (Å²) in [5.74, 6) is 0. The molecule has 0 bridgehead atoms. The topological polar surface area (TPSA) is 61.4 Å². The van der Waals surface area contributed by atoms with Crippen LogP contribution < -0.4 is 10.6 Å². The Hall–Kier alpha value is -1.96. The third kappa shape index (κ3) is 5.31. The van der Waals surface area contributed by atoms with Crippen LogP contribution in [0, 0.1) is 6.92 Å². The zero-order valence-corrected chi connectivity index (χ0v) is 17.8. The minimum Gasteiger partial charge on any atom is -0.362 e. The summed E-state index contributed by atoms with van der Waals surface area (Å²) in [4.78, 5) is 0.353. The maximum absolute atomic E-state index is 13.0. The highest BCUT2D eigenvalue weighted by Gasteiger charge is 2.27. The Morgan fingerprint density at radius 3 is 2.50 bits per heavy atom. The van der Waals surface area contributed by atoms with Crippen LogP contribution in [-0.4, -0.2) is 37.5 Å². The van der Waals surface area contributed by atoms with Crippen molar-refractivity contribution in [2.75, 3.05) is 25.0 Å². The van der Waals surface area contributed by atoms with Crippen LogP contribution in [0.5, 0.6) is 0 Å². The minimum absolute atomic E-state index is 0.353. The summed E-state index contributed by atoms with van der Waals surface area (Å²) in [6.07, 6.45) is 3.80. The predicted molar refractivity (Wildman–Crippen MR) is 118 cm³/mol. The molecule has 0 radical (unpaired) electrons. The van der Waals surface area contributed by atoms with E-state index in [2.05, 4.69) is 22.8 Å². The maximum atomic E-state index is 13.0. The number of thiocarbonyl (C=S) groups is 1. The largest absolute Gasteiger partial charge is 0.362 e. The lowest BCUT2D eigenvalue weighted by molar-refractivity contribution is 0.346. The molecular formula is C21H27N3O2S2. The van der Waals surface area contributed by atoms with Crippen LogP contribution in [0.1, 0.15) is 30.4 Å². The van der Waals surface area contributed by atoms with Crippen molar-refractivity contribution in [2.24, 2.45) is 0 Å². The average Bonchev–Trinajstić information content (AvgIpc) is 2.71. The van der Waals surface area contributed by atoms with E-state index in [1.807, 2.05) is 37.3 Å². The zero-order chi connectivity index (χ0) is 20.0. The quantitative estimate of drug-likeness (QED) is 0.702. The highest BCUT2D eigenvalue weighted by Crippen LogP contribution is 2.26. The Morgan fingerprint density at radius 1 is 1.07 bits per heavy atom. The fraction of sp³-hybridized carbons (Fsp3) is 0.381. The van der Waals surface area contributed by atoms with Gasteiger partial charge in [-0.25, -0.2) is 8.42 Å². The van der Waals surface area contributed by atoms with Crippen molar-refractivity contribution in [3.8, 4) is 0 Å². The normalized spacial score (nSPS) is 15.2. The summed E-state index contributed by atoms with van der Waals surface area (Å²) < 4.78 is 27.6. The molecule has 2 N–H and O–H groups in total.